The Balaban J connectivity index is 1.44. The molecule has 7 nitrogen and oxygen atoms in total. The van der Waals surface area contributed by atoms with E-state index in [0.717, 1.165) is 5.06 Å². The Morgan fingerprint density at radius 3 is 2.24 bits per heavy atom. The number of alkyl carbamates (subject to hydrolysis) is 1. The molecule has 1 saturated carbocycles. The predicted octanol–water partition coefficient (Wildman–Crippen LogP) is 2.52. The number of rotatable bonds is 4. The molecular weight excluding hydrogens is 324 g/mol. The summed E-state index contributed by atoms with van der Waals surface area (Å²) in [4.78, 5) is 41.6. The van der Waals surface area contributed by atoms with Crippen molar-refractivity contribution in [2.75, 3.05) is 6.54 Å². The minimum atomic E-state index is -0.527. The van der Waals surface area contributed by atoms with E-state index in [9.17, 15) is 14.4 Å². The zero-order valence-corrected chi connectivity index (χ0v) is 14.6. The van der Waals surface area contributed by atoms with Crippen LogP contribution in [0.4, 0.5) is 4.79 Å². The maximum absolute atomic E-state index is 12.2. The highest BCUT2D eigenvalue weighted by molar-refractivity contribution is 6.20. The third-order valence-corrected chi connectivity index (χ3v) is 4.14. The third kappa shape index (κ3) is 3.82. The van der Waals surface area contributed by atoms with E-state index in [-0.39, 0.29) is 12.0 Å². The number of nitrogens with one attached hydrogen (secondary N) is 1. The molecule has 0 saturated heterocycles. The number of hydrogen-bond donors (Lipinski definition) is 1. The van der Waals surface area contributed by atoms with Crippen LogP contribution in [0.5, 0.6) is 0 Å². The van der Waals surface area contributed by atoms with Gasteiger partial charge in [0.15, 0.2) is 0 Å². The van der Waals surface area contributed by atoms with Crippen LogP contribution in [0.2, 0.25) is 0 Å². The molecule has 25 heavy (non-hydrogen) atoms. The molecule has 1 aliphatic heterocycles. The van der Waals surface area contributed by atoms with Crippen LogP contribution in [0.15, 0.2) is 24.3 Å². The summed E-state index contributed by atoms with van der Waals surface area (Å²) in [6, 6.07) is 6.67. The topological polar surface area (TPSA) is 84.9 Å². The van der Waals surface area contributed by atoms with Crippen molar-refractivity contribution in [2.45, 2.75) is 45.3 Å². The number of hydrogen-bond acceptors (Lipinski definition) is 5. The molecule has 3 rings (SSSR count). The molecule has 1 N–H and O–H groups in total. The third-order valence-electron chi connectivity index (χ3n) is 4.14. The Labute approximate surface area is 146 Å². The summed E-state index contributed by atoms with van der Waals surface area (Å²) in [5, 5.41) is 3.58. The number of imide groups is 1. The molecule has 0 unspecified atom stereocenters. The van der Waals surface area contributed by atoms with Crippen LogP contribution in [0.3, 0.4) is 0 Å². The molecule has 1 aromatic rings. The Morgan fingerprint density at radius 2 is 1.72 bits per heavy atom. The second-order valence-electron chi connectivity index (χ2n) is 7.40. The van der Waals surface area contributed by atoms with Gasteiger partial charge in [0.05, 0.1) is 17.2 Å². The highest BCUT2D eigenvalue weighted by Crippen LogP contribution is 2.33. The summed E-state index contributed by atoms with van der Waals surface area (Å²) in [5.41, 5.74) is 0.214. The largest absolute Gasteiger partial charge is 0.444 e. The molecule has 0 atom stereocenters. The van der Waals surface area contributed by atoms with Crippen molar-refractivity contribution >= 4 is 17.9 Å². The number of fused-ring (bicyclic) bond motifs is 1. The molecule has 2 aliphatic rings. The van der Waals surface area contributed by atoms with E-state index < -0.39 is 23.5 Å². The monoisotopic (exact) mass is 346 g/mol. The van der Waals surface area contributed by atoms with Gasteiger partial charge in [0, 0.05) is 6.54 Å². The van der Waals surface area contributed by atoms with Crippen molar-refractivity contribution in [1.29, 1.82) is 0 Å². The lowest BCUT2D eigenvalue weighted by atomic mass is 9.82. The van der Waals surface area contributed by atoms with Gasteiger partial charge in [-0.2, -0.15) is 0 Å². The number of nitrogens with zero attached hydrogens (tertiary/aromatic N) is 1. The molecule has 134 valence electrons. The highest BCUT2D eigenvalue weighted by atomic mass is 16.7. The Hall–Kier alpha value is -2.41. The van der Waals surface area contributed by atoms with Crippen LogP contribution in [0.1, 0.15) is 54.3 Å². The van der Waals surface area contributed by atoms with Crippen molar-refractivity contribution in [3.8, 4) is 0 Å². The lowest BCUT2D eigenvalue weighted by molar-refractivity contribution is -0.167. The van der Waals surface area contributed by atoms with Gasteiger partial charge in [-0.15, -0.1) is 5.06 Å². The van der Waals surface area contributed by atoms with Crippen LogP contribution in [-0.4, -0.2) is 41.2 Å². The lowest BCUT2D eigenvalue weighted by Gasteiger charge is -2.36. The van der Waals surface area contributed by atoms with Crippen LogP contribution < -0.4 is 5.32 Å². The van der Waals surface area contributed by atoms with Crippen molar-refractivity contribution in [3.05, 3.63) is 35.4 Å². The maximum Gasteiger partial charge on any atom is 0.407 e. The van der Waals surface area contributed by atoms with E-state index in [2.05, 4.69) is 5.32 Å². The average Bonchev–Trinajstić information content (AvgIpc) is 2.72. The van der Waals surface area contributed by atoms with Crippen LogP contribution >= 0.6 is 0 Å². The molecule has 1 aliphatic carbocycles. The molecule has 0 spiro atoms. The van der Waals surface area contributed by atoms with Crippen LogP contribution in [0, 0.1) is 5.92 Å². The molecule has 0 bridgehead atoms. The fraction of sp³-hybridized carbons (Fsp3) is 0.500. The van der Waals surface area contributed by atoms with E-state index in [0.29, 0.717) is 30.5 Å². The number of carbonyl (C=O) groups excluding carboxylic acids is 3. The van der Waals surface area contributed by atoms with Gasteiger partial charge in [0.2, 0.25) is 0 Å². The number of amides is 3. The number of carbonyl (C=O) groups is 3. The fourth-order valence-electron chi connectivity index (χ4n) is 2.88. The maximum atomic E-state index is 12.2. The zero-order chi connectivity index (χ0) is 18.2. The average molecular weight is 346 g/mol. The molecular formula is C18H22N2O5. The van der Waals surface area contributed by atoms with Gasteiger partial charge in [0.25, 0.3) is 11.8 Å². The van der Waals surface area contributed by atoms with Crippen molar-refractivity contribution in [2.24, 2.45) is 5.92 Å². The molecule has 1 aromatic carbocycles. The summed E-state index contributed by atoms with van der Waals surface area (Å²) in [5.74, 6) is -0.598. The van der Waals surface area contributed by atoms with E-state index in [1.165, 1.54) is 0 Å². The van der Waals surface area contributed by atoms with E-state index in [1.54, 1.807) is 24.3 Å². The molecule has 7 heteroatoms. The Kier molecular flexibility index (Phi) is 4.51. The first-order valence-corrected chi connectivity index (χ1v) is 8.36. The van der Waals surface area contributed by atoms with Crippen molar-refractivity contribution in [3.63, 3.8) is 0 Å². The summed E-state index contributed by atoms with van der Waals surface area (Å²) in [7, 11) is 0. The molecule has 1 fully saturated rings. The Bertz CT molecular complexity index is 669. The second-order valence-corrected chi connectivity index (χ2v) is 7.40. The SMILES string of the molecule is CC(C)(C)OC(=O)NCC1CC(ON2C(=O)c3ccccc3C2=O)C1. The molecule has 0 aromatic heterocycles. The summed E-state index contributed by atoms with van der Waals surface area (Å²) < 4.78 is 5.18. The summed E-state index contributed by atoms with van der Waals surface area (Å²) in [6.07, 6.45) is 0.691. The predicted molar refractivity (Wildman–Crippen MR) is 88.8 cm³/mol. The van der Waals surface area contributed by atoms with E-state index in [1.807, 2.05) is 20.8 Å². The zero-order valence-electron chi connectivity index (χ0n) is 14.6. The van der Waals surface area contributed by atoms with Gasteiger partial charge in [-0.05, 0) is 51.7 Å². The van der Waals surface area contributed by atoms with E-state index in [4.69, 9.17) is 9.57 Å². The van der Waals surface area contributed by atoms with Crippen molar-refractivity contribution in [1.82, 2.24) is 10.4 Å². The van der Waals surface area contributed by atoms with Gasteiger partial charge in [-0.1, -0.05) is 12.1 Å². The first kappa shape index (κ1) is 17.4. The smallest absolute Gasteiger partial charge is 0.407 e. The number of benzene rings is 1. The quantitative estimate of drug-likeness (QED) is 0.847. The number of ether oxygens (including phenoxy) is 1. The molecule has 1 heterocycles. The van der Waals surface area contributed by atoms with Crippen LogP contribution in [-0.2, 0) is 9.57 Å². The first-order valence-electron chi connectivity index (χ1n) is 8.36. The van der Waals surface area contributed by atoms with Crippen molar-refractivity contribution < 1.29 is 24.0 Å². The fourth-order valence-corrected chi connectivity index (χ4v) is 2.88. The summed E-state index contributed by atoms with van der Waals surface area (Å²) >= 11 is 0. The molecule has 0 radical (unpaired) electrons. The van der Waals surface area contributed by atoms with Gasteiger partial charge in [-0.3, -0.25) is 14.4 Å². The van der Waals surface area contributed by atoms with Gasteiger partial charge in [0.1, 0.15) is 5.60 Å². The highest BCUT2D eigenvalue weighted by Gasteiger charge is 2.41. The van der Waals surface area contributed by atoms with Gasteiger partial charge < -0.3 is 10.1 Å². The minimum Gasteiger partial charge on any atom is -0.444 e. The van der Waals surface area contributed by atoms with Gasteiger partial charge in [-0.25, -0.2) is 4.79 Å². The first-order chi connectivity index (χ1) is 11.7. The van der Waals surface area contributed by atoms with E-state index >= 15 is 0 Å². The Morgan fingerprint density at radius 1 is 1.16 bits per heavy atom. The standard InChI is InChI=1S/C18H22N2O5/c1-18(2,3)24-17(23)19-10-11-8-12(9-11)25-20-15(21)13-6-4-5-7-14(13)16(20)22/h4-7,11-12H,8-10H2,1-3H3,(H,19,23). The number of hydroxylamine groups is 2. The minimum absolute atomic E-state index is 0.201. The summed E-state index contributed by atoms with van der Waals surface area (Å²) in [6.45, 7) is 5.91. The van der Waals surface area contributed by atoms with Crippen LogP contribution in [0.25, 0.3) is 0 Å². The normalized spacial score (nSPS) is 22.4. The molecule has 3 amide bonds. The van der Waals surface area contributed by atoms with Gasteiger partial charge >= 0.3 is 6.09 Å². The second kappa shape index (κ2) is 6.48. The lowest BCUT2D eigenvalue weighted by Crippen LogP contribution is -2.45.